The molecule has 20 heavy (non-hydrogen) atoms. The molecule has 0 aliphatic carbocycles. The zero-order chi connectivity index (χ0) is 13.8. The molecule has 0 saturated carbocycles. The number of carbonyl (C=O) groups excluding carboxylic acids is 1. The van der Waals surface area contributed by atoms with E-state index in [0.717, 1.165) is 13.1 Å². The Morgan fingerprint density at radius 1 is 1.55 bits per heavy atom. The molecule has 1 aromatic rings. The topological polar surface area (TPSA) is 84.3 Å². The van der Waals surface area contributed by atoms with Crippen molar-refractivity contribution in [3.63, 3.8) is 0 Å². The molecule has 8 heteroatoms. The summed E-state index contributed by atoms with van der Waals surface area (Å²) in [7, 11) is 0. The lowest BCUT2D eigenvalue weighted by Gasteiger charge is -2.27. The molecule has 1 amide bonds. The van der Waals surface area contributed by atoms with Crippen molar-refractivity contribution in [2.45, 2.75) is 4.90 Å². The van der Waals surface area contributed by atoms with E-state index in [4.69, 9.17) is 0 Å². The van der Waals surface area contributed by atoms with Crippen LogP contribution in [-0.2, 0) is 0 Å². The Morgan fingerprint density at radius 3 is 2.75 bits per heavy atom. The van der Waals surface area contributed by atoms with Crippen LogP contribution in [0.15, 0.2) is 23.1 Å². The number of halogens is 1. The summed E-state index contributed by atoms with van der Waals surface area (Å²) in [5, 5.41) is 16.8. The molecule has 0 atom stereocenters. The minimum absolute atomic E-state index is 0. The Kier molecular flexibility index (Phi) is 6.25. The molecule has 6 nitrogen and oxygen atoms in total. The lowest BCUT2D eigenvalue weighted by molar-refractivity contribution is -0.387. The summed E-state index contributed by atoms with van der Waals surface area (Å²) in [6.07, 6.45) is 1.77. The lowest BCUT2D eigenvalue weighted by atomic mass is 10.0. The molecule has 1 aliphatic rings. The van der Waals surface area contributed by atoms with Crippen LogP contribution in [-0.4, -0.2) is 36.7 Å². The van der Waals surface area contributed by atoms with E-state index < -0.39 is 4.92 Å². The van der Waals surface area contributed by atoms with Crippen LogP contribution in [0.25, 0.3) is 0 Å². The number of rotatable bonds is 5. The summed E-state index contributed by atoms with van der Waals surface area (Å²) in [5.41, 5.74) is 0.308. The Balaban J connectivity index is 0.00000200. The fourth-order valence-electron chi connectivity index (χ4n) is 1.81. The number of nitro benzene ring substituents is 1. The minimum atomic E-state index is -0.460. The summed E-state index contributed by atoms with van der Waals surface area (Å²) < 4.78 is 0. The Labute approximate surface area is 127 Å². The molecule has 110 valence electrons. The van der Waals surface area contributed by atoms with Gasteiger partial charge in [-0.15, -0.1) is 24.2 Å². The second kappa shape index (κ2) is 7.47. The average molecular weight is 318 g/mol. The highest BCUT2D eigenvalue weighted by atomic mass is 35.5. The van der Waals surface area contributed by atoms with Gasteiger partial charge in [0.15, 0.2) is 0 Å². The first kappa shape index (κ1) is 16.7. The molecule has 0 spiro atoms. The van der Waals surface area contributed by atoms with Gasteiger partial charge in [-0.05, 0) is 18.4 Å². The van der Waals surface area contributed by atoms with Crippen LogP contribution >= 0.6 is 24.2 Å². The van der Waals surface area contributed by atoms with Crippen molar-refractivity contribution in [3.05, 3.63) is 33.9 Å². The molecule has 0 unspecified atom stereocenters. The Bertz CT molecular complexity index is 509. The van der Waals surface area contributed by atoms with Gasteiger partial charge in [-0.3, -0.25) is 14.9 Å². The van der Waals surface area contributed by atoms with Gasteiger partial charge in [-0.1, -0.05) is 0 Å². The molecular weight excluding hydrogens is 302 g/mol. The molecule has 2 rings (SSSR count). The maximum Gasteiger partial charge on any atom is 0.283 e. The predicted molar refractivity (Wildman–Crippen MR) is 80.8 cm³/mol. The third-order valence-electron chi connectivity index (χ3n) is 3.06. The van der Waals surface area contributed by atoms with Crippen LogP contribution in [0.2, 0.25) is 0 Å². The normalized spacial score (nSPS) is 14.1. The maximum atomic E-state index is 11.9. The first-order valence-corrected chi connectivity index (χ1v) is 7.15. The van der Waals surface area contributed by atoms with E-state index in [0.29, 0.717) is 22.9 Å². The van der Waals surface area contributed by atoms with Gasteiger partial charge in [0.25, 0.3) is 11.6 Å². The van der Waals surface area contributed by atoms with Gasteiger partial charge in [-0.25, -0.2) is 0 Å². The van der Waals surface area contributed by atoms with Gasteiger partial charge in [0, 0.05) is 37.2 Å². The van der Waals surface area contributed by atoms with Gasteiger partial charge in [0.05, 0.1) is 9.82 Å². The van der Waals surface area contributed by atoms with E-state index in [9.17, 15) is 14.9 Å². The number of hydrogen-bond acceptors (Lipinski definition) is 5. The average Bonchev–Trinajstić information content (AvgIpc) is 2.35. The number of amides is 1. The number of benzene rings is 1. The molecule has 1 saturated heterocycles. The number of nitro groups is 1. The number of thioether (sulfide) groups is 1. The largest absolute Gasteiger partial charge is 0.352 e. The molecule has 0 radical (unpaired) electrons. The Hall–Kier alpha value is -1.31. The highest BCUT2D eigenvalue weighted by Gasteiger charge is 2.20. The minimum Gasteiger partial charge on any atom is -0.352 e. The molecule has 1 aliphatic heterocycles. The number of nitrogens with zero attached hydrogens (tertiary/aromatic N) is 1. The zero-order valence-corrected chi connectivity index (χ0v) is 12.6. The highest BCUT2D eigenvalue weighted by molar-refractivity contribution is 7.98. The van der Waals surface area contributed by atoms with Crippen molar-refractivity contribution in [1.29, 1.82) is 0 Å². The highest BCUT2D eigenvalue weighted by Crippen LogP contribution is 2.28. The van der Waals surface area contributed by atoms with Crippen molar-refractivity contribution < 1.29 is 9.72 Å². The van der Waals surface area contributed by atoms with Crippen molar-refractivity contribution >= 4 is 35.8 Å². The van der Waals surface area contributed by atoms with E-state index in [2.05, 4.69) is 10.6 Å². The van der Waals surface area contributed by atoms with Crippen LogP contribution in [0, 0.1) is 16.0 Å². The standard InChI is InChI=1S/C12H15N3O3S.ClH/c1-19-11-3-2-9(4-10(11)15(17)18)12(16)14-7-8-5-13-6-8;/h2-4,8,13H,5-7H2,1H3,(H,14,16);1H. The molecule has 0 aromatic heterocycles. The third kappa shape index (κ3) is 3.84. The second-order valence-corrected chi connectivity index (χ2v) is 5.23. The quantitative estimate of drug-likeness (QED) is 0.490. The third-order valence-corrected chi connectivity index (χ3v) is 3.84. The monoisotopic (exact) mass is 317 g/mol. The van der Waals surface area contributed by atoms with Crippen LogP contribution in [0.1, 0.15) is 10.4 Å². The fraction of sp³-hybridized carbons (Fsp3) is 0.417. The zero-order valence-electron chi connectivity index (χ0n) is 10.9. The summed E-state index contributed by atoms with van der Waals surface area (Å²) in [5.74, 6) is 0.201. The van der Waals surface area contributed by atoms with E-state index in [-0.39, 0.29) is 24.0 Å². The Morgan fingerprint density at radius 2 is 2.25 bits per heavy atom. The fourth-order valence-corrected chi connectivity index (χ4v) is 2.35. The van der Waals surface area contributed by atoms with Crippen molar-refractivity contribution in [2.24, 2.45) is 5.92 Å². The summed E-state index contributed by atoms with van der Waals surface area (Å²) in [6.45, 7) is 2.42. The molecule has 1 aromatic carbocycles. The first-order chi connectivity index (χ1) is 9.11. The van der Waals surface area contributed by atoms with Crippen molar-refractivity contribution in [1.82, 2.24) is 10.6 Å². The van der Waals surface area contributed by atoms with Gasteiger partial charge in [0.2, 0.25) is 0 Å². The lowest BCUT2D eigenvalue weighted by Crippen LogP contribution is -2.48. The summed E-state index contributed by atoms with van der Waals surface area (Å²) >= 11 is 1.29. The SMILES string of the molecule is CSc1ccc(C(=O)NCC2CNC2)cc1[N+](=O)[O-].Cl. The van der Waals surface area contributed by atoms with E-state index >= 15 is 0 Å². The molecule has 0 bridgehead atoms. The smallest absolute Gasteiger partial charge is 0.283 e. The number of nitrogens with one attached hydrogen (secondary N) is 2. The van der Waals surface area contributed by atoms with Gasteiger partial charge in [0.1, 0.15) is 0 Å². The second-order valence-electron chi connectivity index (χ2n) is 4.38. The number of carbonyl (C=O) groups is 1. The van der Waals surface area contributed by atoms with Gasteiger partial charge >= 0.3 is 0 Å². The molecule has 1 heterocycles. The van der Waals surface area contributed by atoms with Crippen LogP contribution in [0.4, 0.5) is 5.69 Å². The van der Waals surface area contributed by atoms with E-state index in [1.54, 1.807) is 18.4 Å². The van der Waals surface area contributed by atoms with Gasteiger partial charge < -0.3 is 10.6 Å². The van der Waals surface area contributed by atoms with Crippen molar-refractivity contribution in [3.8, 4) is 0 Å². The van der Waals surface area contributed by atoms with E-state index in [1.807, 2.05) is 0 Å². The van der Waals surface area contributed by atoms with E-state index in [1.165, 1.54) is 17.8 Å². The summed E-state index contributed by atoms with van der Waals surface area (Å²) in [6, 6.07) is 4.57. The first-order valence-electron chi connectivity index (χ1n) is 5.93. The molecular formula is C12H16ClN3O3S. The van der Waals surface area contributed by atoms with Crippen LogP contribution < -0.4 is 10.6 Å². The maximum absolute atomic E-state index is 11.9. The van der Waals surface area contributed by atoms with Crippen molar-refractivity contribution in [2.75, 3.05) is 25.9 Å². The predicted octanol–water partition coefficient (Wildman–Crippen LogP) is 1.69. The molecule has 2 N–H and O–H groups in total. The van der Waals surface area contributed by atoms with Gasteiger partial charge in [-0.2, -0.15) is 0 Å². The number of hydrogen-bond donors (Lipinski definition) is 2. The summed E-state index contributed by atoms with van der Waals surface area (Å²) in [4.78, 5) is 22.9. The van der Waals surface area contributed by atoms with Crippen LogP contribution in [0.3, 0.4) is 0 Å². The molecule has 1 fully saturated rings. The van der Waals surface area contributed by atoms with Crippen LogP contribution in [0.5, 0.6) is 0 Å².